The van der Waals surface area contributed by atoms with Crippen LogP contribution in [0.1, 0.15) is 37.4 Å². The Balaban J connectivity index is 2.24. The third-order valence-corrected chi connectivity index (χ3v) is 5.15. The summed E-state index contributed by atoms with van der Waals surface area (Å²) in [7, 11) is 0. The number of amides is 1. The Morgan fingerprint density at radius 1 is 1.48 bits per heavy atom. The van der Waals surface area contributed by atoms with Crippen LogP contribution in [0.15, 0.2) is 30.0 Å². The Kier molecular flexibility index (Phi) is 6.65. The molecule has 1 amide bonds. The molecule has 1 aromatic heterocycles. The lowest BCUT2D eigenvalue weighted by atomic mass is 9.95. The first-order valence-electron chi connectivity index (χ1n) is 8.22. The van der Waals surface area contributed by atoms with Gasteiger partial charge in [-0.3, -0.25) is 14.6 Å². The molecule has 5 nitrogen and oxygen atoms in total. The molecule has 27 heavy (non-hydrogen) atoms. The van der Waals surface area contributed by atoms with Crippen LogP contribution in [0.3, 0.4) is 0 Å². The lowest BCUT2D eigenvalue weighted by molar-refractivity contribution is -0.137. The highest BCUT2D eigenvalue weighted by Crippen LogP contribution is 2.31. The van der Waals surface area contributed by atoms with E-state index in [9.17, 15) is 28.0 Å². The average molecular weight is 397 g/mol. The molecule has 0 aromatic carbocycles. The van der Waals surface area contributed by atoms with E-state index in [-0.39, 0.29) is 11.6 Å². The normalized spacial score (nSPS) is 18.9. The number of carbonyl (C=O) groups is 2. The van der Waals surface area contributed by atoms with Gasteiger partial charge in [-0.25, -0.2) is 0 Å². The number of hydrogen-bond donors (Lipinski definition) is 0. The zero-order valence-corrected chi connectivity index (χ0v) is 15.6. The van der Waals surface area contributed by atoms with Crippen molar-refractivity contribution in [3.8, 4) is 6.07 Å². The van der Waals surface area contributed by atoms with E-state index in [0.29, 0.717) is 29.8 Å². The van der Waals surface area contributed by atoms with Crippen LogP contribution in [0.25, 0.3) is 0 Å². The van der Waals surface area contributed by atoms with E-state index in [1.54, 1.807) is 13.0 Å². The van der Waals surface area contributed by atoms with E-state index >= 15 is 0 Å². The molecule has 9 heteroatoms. The van der Waals surface area contributed by atoms with E-state index in [4.69, 9.17) is 0 Å². The minimum atomic E-state index is -4.55. The number of rotatable bonds is 5. The molecule has 1 saturated heterocycles. The minimum Gasteiger partial charge on any atom is -0.319 e. The quantitative estimate of drug-likeness (QED) is 0.711. The van der Waals surface area contributed by atoms with Gasteiger partial charge in [0.15, 0.2) is 5.78 Å². The SMILES string of the molecule is CC/C=C(/C)C(=O)N1CSC[C@@H]1C(=O)[C@@H](C#N)c1ccc(C(F)(F)F)cn1. The Morgan fingerprint density at radius 2 is 2.19 bits per heavy atom. The van der Waals surface area contributed by atoms with Gasteiger partial charge in [0.1, 0.15) is 12.0 Å². The molecular formula is C18H18F3N3O2S. The fourth-order valence-corrected chi connectivity index (χ4v) is 3.88. The highest BCUT2D eigenvalue weighted by atomic mass is 32.2. The minimum absolute atomic E-state index is 0.0550. The smallest absolute Gasteiger partial charge is 0.319 e. The Morgan fingerprint density at radius 3 is 2.70 bits per heavy atom. The molecule has 1 aliphatic heterocycles. The van der Waals surface area contributed by atoms with Gasteiger partial charge in [-0.2, -0.15) is 18.4 Å². The summed E-state index contributed by atoms with van der Waals surface area (Å²) in [6.45, 7) is 3.55. The molecule has 1 aromatic rings. The molecule has 2 heterocycles. The first-order chi connectivity index (χ1) is 12.7. The van der Waals surface area contributed by atoms with Crippen molar-refractivity contribution in [2.75, 3.05) is 11.6 Å². The molecule has 2 rings (SSSR count). The van der Waals surface area contributed by atoms with Crippen LogP contribution >= 0.6 is 11.8 Å². The number of halogens is 3. The van der Waals surface area contributed by atoms with E-state index in [2.05, 4.69) is 4.98 Å². The molecule has 0 saturated carbocycles. The second-order valence-electron chi connectivity index (χ2n) is 6.02. The van der Waals surface area contributed by atoms with Crippen molar-refractivity contribution in [1.29, 1.82) is 5.26 Å². The van der Waals surface area contributed by atoms with Crippen molar-refractivity contribution in [3.05, 3.63) is 41.2 Å². The van der Waals surface area contributed by atoms with Crippen LogP contribution in [0.5, 0.6) is 0 Å². The summed E-state index contributed by atoms with van der Waals surface area (Å²) in [5.41, 5.74) is -0.497. The first-order valence-corrected chi connectivity index (χ1v) is 9.38. The third-order valence-electron chi connectivity index (χ3n) is 4.14. The number of carbonyl (C=O) groups excluding carboxylic acids is 2. The van der Waals surface area contributed by atoms with Crippen LogP contribution in [0.4, 0.5) is 13.2 Å². The maximum absolute atomic E-state index is 12.8. The standard InChI is InChI=1S/C18H18F3N3O2S/c1-3-4-11(2)17(26)24-10-27-9-15(24)16(25)13(7-22)14-6-5-12(8-23-14)18(19,20)21/h4-6,8,13,15H,3,9-10H2,1-2H3/b11-4-/t13-,15+/m0/s1. The van der Waals surface area contributed by atoms with Gasteiger partial charge in [0.05, 0.1) is 23.2 Å². The highest BCUT2D eigenvalue weighted by molar-refractivity contribution is 7.99. The van der Waals surface area contributed by atoms with Crippen LogP contribution in [0.2, 0.25) is 0 Å². The molecule has 0 N–H and O–H groups in total. The number of alkyl halides is 3. The molecular weight excluding hydrogens is 379 g/mol. The average Bonchev–Trinajstić information content (AvgIpc) is 3.11. The van der Waals surface area contributed by atoms with E-state index in [1.165, 1.54) is 16.7 Å². The lowest BCUT2D eigenvalue weighted by Gasteiger charge is -2.24. The Hall–Kier alpha value is -2.34. The third kappa shape index (κ3) is 4.69. The summed E-state index contributed by atoms with van der Waals surface area (Å²) in [5, 5.41) is 9.40. The number of nitriles is 1. The number of aromatic nitrogens is 1. The summed E-state index contributed by atoms with van der Waals surface area (Å²) in [5.74, 6) is -1.49. The van der Waals surface area contributed by atoms with Gasteiger partial charge in [-0.05, 0) is 25.5 Å². The predicted molar refractivity (Wildman–Crippen MR) is 94.6 cm³/mol. The number of Topliss-reactive ketones (excluding diaryl/α,β-unsaturated/α-hetero) is 1. The zero-order valence-electron chi connectivity index (χ0n) is 14.8. The summed E-state index contributed by atoms with van der Waals surface area (Å²) < 4.78 is 38.0. The number of thioether (sulfide) groups is 1. The summed E-state index contributed by atoms with van der Waals surface area (Å²) in [6, 6.07) is 2.83. The van der Waals surface area contributed by atoms with Crippen LogP contribution in [-0.4, -0.2) is 39.2 Å². The molecule has 0 aliphatic carbocycles. The molecule has 0 bridgehead atoms. The van der Waals surface area contributed by atoms with Crippen molar-refractivity contribution in [2.45, 2.75) is 38.4 Å². The van der Waals surface area contributed by atoms with Crippen molar-refractivity contribution >= 4 is 23.5 Å². The second kappa shape index (κ2) is 8.57. The number of hydrogen-bond acceptors (Lipinski definition) is 5. The molecule has 0 unspecified atom stereocenters. The Labute approximate surface area is 159 Å². The van der Waals surface area contributed by atoms with Crippen LogP contribution < -0.4 is 0 Å². The maximum atomic E-state index is 12.8. The van der Waals surface area contributed by atoms with Crippen molar-refractivity contribution in [3.63, 3.8) is 0 Å². The molecule has 2 atom stereocenters. The molecule has 1 fully saturated rings. The van der Waals surface area contributed by atoms with Gasteiger partial charge in [0.2, 0.25) is 5.91 Å². The number of allylic oxidation sites excluding steroid dienone is 1. The van der Waals surface area contributed by atoms with Gasteiger partial charge in [-0.1, -0.05) is 13.0 Å². The first kappa shape index (κ1) is 21.0. The van der Waals surface area contributed by atoms with Crippen LogP contribution in [0, 0.1) is 11.3 Å². The molecule has 144 valence electrons. The van der Waals surface area contributed by atoms with Crippen molar-refractivity contribution < 1.29 is 22.8 Å². The highest BCUT2D eigenvalue weighted by Gasteiger charge is 2.39. The van der Waals surface area contributed by atoms with Gasteiger partial charge >= 0.3 is 6.18 Å². The largest absolute Gasteiger partial charge is 0.417 e. The number of pyridine rings is 1. The van der Waals surface area contributed by atoms with Gasteiger partial charge in [-0.15, -0.1) is 11.8 Å². The molecule has 0 radical (unpaired) electrons. The fraction of sp³-hybridized carbons (Fsp3) is 0.444. The lowest BCUT2D eigenvalue weighted by Crippen LogP contribution is -2.44. The van der Waals surface area contributed by atoms with Gasteiger partial charge in [0, 0.05) is 17.5 Å². The summed E-state index contributed by atoms with van der Waals surface area (Å²) >= 11 is 1.39. The number of ketones is 1. The predicted octanol–water partition coefficient (Wildman–Crippen LogP) is 3.53. The van der Waals surface area contributed by atoms with Gasteiger partial charge < -0.3 is 4.90 Å². The Bertz CT molecular complexity index is 785. The topological polar surface area (TPSA) is 74.1 Å². The molecule has 1 aliphatic rings. The fourth-order valence-electron chi connectivity index (χ4n) is 2.71. The monoisotopic (exact) mass is 397 g/mol. The van der Waals surface area contributed by atoms with E-state index < -0.39 is 29.5 Å². The second-order valence-corrected chi connectivity index (χ2v) is 7.02. The molecule has 0 spiro atoms. The van der Waals surface area contributed by atoms with Crippen molar-refractivity contribution in [1.82, 2.24) is 9.88 Å². The number of nitrogens with zero attached hydrogens (tertiary/aromatic N) is 3. The van der Waals surface area contributed by atoms with Crippen LogP contribution in [-0.2, 0) is 15.8 Å². The zero-order chi connectivity index (χ0) is 20.2. The maximum Gasteiger partial charge on any atom is 0.417 e. The van der Waals surface area contributed by atoms with Gasteiger partial charge in [0.25, 0.3) is 0 Å². The van der Waals surface area contributed by atoms with Crippen molar-refractivity contribution in [2.24, 2.45) is 0 Å². The van der Waals surface area contributed by atoms with E-state index in [0.717, 1.165) is 12.1 Å². The summed E-state index contributed by atoms with van der Waals surface area (Å²) in [6.07, 6.45) is -1.51. The van der Waals surface area contributed by atoms with E-state index in [1.807, 2.05) is 13.0 Å². The summed E-state index contributed by atoms with van der Waals surface area (Å²) in [4.78, 5) is 30.4.